The SMILES string of the molecule is CCSC1CCN(C(=O)OC(C)(C)C)c2ccc(C(F)(F)F)cc21. The monoisotopic (exact) mass is 361 g/mol. The lowest BCUT2D eigenvalue weighted by molar-refractivity contribution is -0.137. The first-order valence-corrected chi connectivity index (χ1v) is 8.91. The highest BCUT2D eigenvalue weighted by Gasteiger charge is 2.36. The van der Waals surface area contributed by atoms with Crippen LogP contribution in [0.3, 0.4) is 0 Å². The van der Waals surface area contributed by atoms with Crippen LogP contribution in [0.2, 0.25) is 0 Å². The lowest BCUT2D eigenvalue weighted by Crippen LogP contribution is -2.40. The van der Waals surface area contributed by atoms with Crippen LogP contribution >= 0.6 is 11.8 Å². The summed E-state index contributed by atoms with van der Waals surface area (Å²) in [7, 11) is 0. The van der Waals surface area contributed by atoms with Gasteiger partial charge < -0.3 is 4.74 Å². The highest BCUT2D eigenvalue weighted by Crippen LogP contribution is 2.44. The van der Waals surface area contributed by atoms with Gasteiger partial charge in [-0.1, -0.05) is 6.92 Å². The number of anilines is 1. The van der Waals surface area contributed by atoms with Crippen LogP contribution in [0.1, 0.15) is 50.5 Å². The van der Waals surface area contributed by atoms with Crippen molar-refractivity contribution in [1.29, 1.82) is 0 Å². The molecule has 24 heavy (non-hydrogen) atoms. The van der Waals surface area contributed by atoms with Gasteiger partial charge in [0.1, 0.15) is 5.60 Å². The minimum atomic E-state index is -4.40. The first kappa shape index (κ1) is 19.0. The van der Waals surface area contributed by atoms with Gasteiger partial charge in [-0.15, -0.1) is 0 Å². The molecule has 2 rings (SSSR count). The molecule has 134 valence electrons. The molecule has 7 heteroatoms. The average Bonchev–Trinajstić information content (AvgIpc) is 2.44. The summed E-state index contributed by atoms with van der Waals surface area (Å²) < 4.78 is 44.5. The van der Waals surface area contributed by atoms with Crippen LogP contribution in [0.4, 0.5) is 23.7 Å². The van der Waals surface area contributed by atoms with E-state index in [1.54, 1.807) is 32.5 Å². The number of hydrogen-bond acceptors (Lipinski definition) is 3. The van der Waals surface area contributed by atoms with Crippen LogP contribution in [0.25, 0.3) is 0 Å². The number of fused-ring (bicyclic) bond motifs is 1. The largest absolute Gasteiger partial charge is 0.443 e. The molecule has 0 N–H and O–H groups in total. The van der Waals surface area contributed by atoms with Crippen molar-refractivity contribution in [1.82, 2.24) is 0 Å². The summed E-state index contributed by atoms with van der Waals surface area (Å²) in [5.74, 6) is 0.798. The lowest BCUT2D eigenvalue weighted by Gasteiger charge is -2.35. The molecule has 1 unspecified atom stereocenters. The zero-order valence-electron chi connectivity index (χ0n) is 14.2. The molecule has 0 fully saturated rings. The van der Waals surface area contributed by atoms with Gasteiger partial charge in [0.05, 0.1) is 11.3 Å². The summed E-state index contributed by atoms with van der Waals surface area (Å²) in [6, 6.07) is 3.57. The molecule has 1 atom stereocenters. The number of hydrogen-bond donors (Lipinski definition) is 0. The molecule has 1 aliphatic rings. The van der Waals surface area contributed by atoms with Crippen molar-refractivity contribution < 1.29 is 22.7 Å². The van der Waals surface area contributed by atoms with Gasteiger partial charge in [-0.05, 0) is 56.7 Å². The molecule has 1 amide bonds. The van der Waals surface area contributed by atoms with E-state index in [-0.39, 0.29) is 5.25 Å². The van der Waals surface area contributed by atoms with Crippen molar-refractivity contribution in [3.05, 3.63) is 29.3 Å². The second-order valence-corrected chi connectivity index (χ2v) is 8.12. The van der Waals surface area contributed by atoms with E-state index in [1.807, 2.05) is 6.92 Å². The number of ether oxygens (including phenoxy) is 1. The number of amides is 1. The third-order valence-corrected chi connectivity index (χ3v) is 4.81. The number of alkyl halides is 3. The van der Waals surface area contributed by atoms with Crippen LogP contribution in [-0.2, 0) is 10.9 Å². The highest BCUT2D eigenvalue weighted by molar-refractivity contribution is 7.99. The third kappa shape index (κ3) is 4.37. The fourth-order valence-corrected chi connectivity index (χ4v) is 3.68. The van der Waals surface area contributed by atoms with E-state index in [1.165, 1.54) is 17.0 Å². The number of carbonyl (C=O) groups excluding carboxylic acids is 1. The normalized spacial score (nSPS) is 18.3. The first-order valence-electron chi connectivity index (χ1n) is 7.86. The second kappa shape index (κ2) is 6.86. The van der Waals surface area contributed by atoms with E-state index in [4.69, 9.17) is 4.74 Å². The smallest absolute Gasteiger partial charge is 0.416 e. The van der Waals surface area contributed by atoms with E-state index < -0.39 is 23.4 Å². The van der Waals surface area contributed by atoms with Crippen molar-refractivity contribution in [2.24, 2.45) is 0 Å². The van der Waals surface area contributed by atoms with Crippen LogP contribution in [0, 0.1) is 0 Å². The fourth-order valence-electron chi connectivity index (χ4n) is 2.64. The number of nitrogens with zero attached hydrogens (tertiary/aromatic N) is 1. The molecule has 3 nitrogen and oxygen atoms in total. The Morgan fingerprint density at radius 2 is 2.00 bits per heavy atom. The number of rotatable bonds is 2. The van der Waals surface area contributed by atoms with Gasteiger partial charge in [-0.3, -0.25) is 4.90 Å². The summed E-state index contributed by atoms with van der Waals surface area (Å²) in [4.78, 5) is 13.8. The maximum absolute atomic E-state index is 13.0. The summed E-state index contributed by atoms with van der Waals surface area (Å²) in [6.45, 7) is 7.69. The minimum Gasteiger partial charge on any atom is -0.443 e. The molecule has 1 aromatic rings. The van der Waals surface area contributed by atoms with Gasteiger partial charge in [0.25, 0.3) is 0 Å². The van der Waals surface area contributed by atoms with Gasteiger partial charge in [-0.2, -0.15) is 24.9 Å². The molecule has 0 radical (unpaired) electrons. The first-order chi connectivity index (χ1) is 11.0. The average molecular weight is 361 g/mol. The molecule has 0 aromatic heterocycles. The zero-order valence-corrected chi connectivity index (χ0v) is 15.1. The van der Waals surface area contributed by atoms with E-state index >= 15 is 0 Å². The van der Waals surface area contributed by atoms with Crippen molar-refractivity contribution in [3.63, 3.8) is 0 Å². The van der Waals surface area contributed by atoms with Crippen LogP contribution < -0.4 is 4.90 Å². The summed E-state index contributed by atoms with van der Waals surface area (Å²) in [5.41, 5.74) is -0.282. The molecule has 1 aromatic carbocycles. The second-order valence-electron chi connectivity index (χ2n) is 6.64. The summed E-state index contributed by atoms with van der Waals surface area (Å²) in [5, 5.41) is -0.0500. The molecular weight excluding hydrogens is 339 g/mol. The maximum atomic E-state index is 13.0. The van der Waals surface area contributed by atoms with Crippen LogP contribution in [0.15, 0.2) is 18.2 Å². The van der Waals surface area contributed by atoms with Gasteiger partial charge in [0.2, 0.25) is 0 Å². The molecule has 0 bridgehead atoms. The Morgan fingerprint density at radius 1 is 1.33 bits per heavy atom. The Balaban J connectivity index is 2.41. The molecule has 1 heterocycles. The standard InChI is InChI=1S/C17H22F3NO2S/c1-5-24-14-8-9-21(15(22)23-16(2,3)4)13-7-6-11(10-12(13)14)17(18,19)20/h6-7,10,14H,5,8-9H2,1-4H3. The summed E-state index contributed by atoms with van der Waals surface area (Å²) in [6.07, 6.45) is -4.32. The molecule has 0 saturated carbocycles. The van der Waals surface area contributed by atoms with E-state index in [9.17, 15) is 18.0 Å². The van der Waals surface area contributed by atoms with E-state index in [2.05, 4.69) is 0 Å². The molecular formula is C17H22F3NO2S. The molecule has 0 aliphatic carbocycles. The molecule has 0 spiro atoms. The third-order valence-electron chi connectivity index (χ3n) is 3.59. The Morgan fingerprint density at radius 3 is 2.54 bits per heavy atom. The number of benzene rings is 1. The van der Waals surface area contributed by atoms with Crippen molar-refractivity contribution in [2.75, 3.05) is 17.2 Å². The highest BCUT2D eigenvalue weighted by atomic mass is 32.2. The van der Waals surface area contributed by atoms with Crippen LogP contribution in [0.5, 0.6) is 0 Å². The fraction of sp³-hybridized carbons (Fsp3) is 0.588. The number of carbonyl (C=O) groups is 1. The Labute approximate surface area is 144 Å². The van der Waals surface area contributed by atoms with E-state index in [0.29, 0.717) is 24.2 Å². The maximum Gasteiger partial charge on any atom is 0.416 e. The van der Waals surface area contributed by atoms with Crippen molar-refractivity contribution >= 4 is 23.5 Å². The minimum absolute atomic E-state index is 0.0500. The summed E-state index contributed by atoms with van der Waals surface area (Å²) >= 11 is 1.60. The van der Waals surface area contributed by atoms with Crippen molar-refractivity contribution in [2.45, 2.75) is 51.1 Å². The van der Waals surface area contributed by atoms with Crippen LogP contribution in [-0.4, -0.2) is 24.0 Å². The molecule has 1 aliphatic heterocycles. The predicted octanol–water partition coefficient (Wildman–Crippen LogP) is 5.64. The predicted molar refractivity (Wildman–Crippen MR) is 90.5 cm³/mol. The quantitative estimate of drug-likeness (QED) is 0.682. The van der Waals surface area contributed by atoms with Gasteiger partial charge in [0, 0.05) is 11.8 Å². The topological polar surface area (TPSA) is 29.5 Å². The lowest BCUT2D eigenvalue weighted by atomic mass is 9.98. The zero-order chi connectivity index (χ0) is 18.1. The number of thioether (sulfide) groups is 1. The van der Waals surface area contributed by atoms with Gasteiger partial charge >= 0.3 is 12.3 Å². The Hall–Kier alpha value is -1.37. The van der Waals surface area contributed by atoms with Crippen molar-refractivity contribution in [3.8, 4) is 0 Å². The Kier molecular flexibility index (Phi) is 5.42. The molecule has 0 saturated heterocycles. The van der Waals surface area contributed by atoms with E-state index in [0.717, 1.165) is 11.8 Å². The number of halogens is 3. The van der Waals surface area contributed by atoms with Gasteiger partial charge in [0.15, 0.2) is 0 Å². The Bertz CT molecular complexity index is 611. The van der Waals surface area contributed by atoms with Gasteiger partial charge in [-0.25, -0.2) is 4.79 Å².